The molecule has 0 amide bonds. The van der Waals surface area contributed by atoms with E-state index in [9.17, 15) is 13.0 Å². The number of rotatable bonds is 11. The Labute approximate surface area is 311 Å². The van der Waals surface area contributed by atoms with Gasteiger partial charge < -0.3 is 21.3 Å². The summed E-state index contributed by atoms with van der Waals surface area (Å²) in [6.45, 7) is 1.88. The molecule has 5 N–H and O–H groups in total. The zero-order chi connectivity index (χ0) is 36.1. The van der Waals surface area contributed by atoms with Crippen molar-refractivity contribution in [2.24, 2.45) is 0 Å². The normalized spacial score (nSPS) is 11.4. The SMILES string of the molecule is Cc1cc(Nc2nc(Cl)nc(Nc3ccccc3Cl)n2)ccc1/C=C/c1ccc(Nc2nc(Cl)nc(Nc3ccccc3Cl)n2)cc1S(=O)(=O)O. The predicted molar refractivity (Wildman–Crippen MR) is 202 cm³/mol. The quantitative estimate of drug-likeness (QED) is 0.0620. The standard InChI is InChI=1S/C33H24Cl4N10O3S/c1-18-16-21(38-30-42-28(36)44-32(46-30)40-25-8-4-2-6-23(25)34)14-12-19(18)10-11-20-13-15-22(17-27(20)51(48,49)50)39-31-43-29(37)45-33(47-31)41-26-9-5-3-7-24(26)35/h2-17H,1H3,(H,48,49,50)(H2,38,40,42,44,46)(H2,39,41,43,45,47)/b11-10+. The van der Waals surface area contributed by atoms with Crippen LogP contribution in [0.4, 0.5) is 46.5 Å². The maximum absolute atomic E-state index is 12.4. The van der Waals surface area contributed by atoms with Gasteiger partial charge in [0.2, 0.25) is 34.4 Å². The molecule has 18 heteroatoms. The summed E-state index contributed by atoms with van der Waals surface area (Å²) in [5.74, 6) is 0.520. The van der Waals surface area contributed by atoms with E-state index in [-0.39, 0.29) is 50.5 Å². The van der Waals surface area contributed by atoms with Crippen molar-refractivity contribution in [3.63, 3.8) is 0 Å². The Morgan fingerprint density at radius 1 is 0.569 bits per heavy atom. The lowest BCUT2D eigenvalue weighted by Gasteiger charge is -2.11. The first-order valence-electron chi connectivity index (χ1n) is 14.7. The maximum atomic E-state index is 12.4. The van der Waals surface area contributed by atoms with Crippen molar-refractivity contribution in [1.82, 2.24) is 29.9 Å². The molecule has 6 rings (SSSR count). The van der Waals surface area contributed by atoms with Crippen LogP contribution in [-0.2, 0) is 10.1 Å². The summed E-state index contributed by atoms with van der Waals surface area (Å²) in [5, 5.41) is 12.8. The van der Waals surface area contributed by atoms with Crippen LogP contribution in [0.25, 0.3) is 12.2 Å². The molecule has 258 valence electrons. The first kappa shape index (κ1) is 35.7. The minimum Gasteiger partial charge on any atom is -0.324 e. The van der Waals surface area contributed by atoms with Gasteiger partial charge in [-0.2, -0.15) is 38.3 Å². The van der Waals surface area contributed by atoms with Crippen LogP contribution >= 0.6 is 46.4 Å². The van der Waals surface area contributed by atoms with E-state index in [1.807, 2.05) is 25.1 Å². The number of nitrogens with zero attached hydrogens (tertiary/aromatic N) is 6. The number of aromatic nitrogens is 6. The molecule has 0 radical (unpaired) electrons. The molecule has 6 aromatic rings. The molecule has 0 bridgehead atoms. The van der Waals surface area contributed by atoms with Crippen LogP contribution in [0, 0.1) is 6.92 Å². The molecule has 0 aliphatic heterocycles. The molecule has 0 aliphatic rings. The van der Waals surface area contributed by atoms with E-state index in [4.69, 9.17) is 46.4 Å². The lowest BCUT2D eigenvalue weighted by Crippen LogP contribution is -2.06. The zero-order valence-corrected chi connectivity index (χ0v) is 29.9. The Balaban J connectivity index is 1.18. The summed E-state index contributed by atoms with van der Waals surface area (Å²) in [6, 6.07) is 24.0. The number of para-hydroxylation sites is 2. The van der Waals surface area contributed by atoms with Crippen molar-refractivity contribution < 1.29 is 13.0 Å². The van der Waals surface area contributed by atoms with Gasteiger partial charge in [0.15, 0.2) is 0 Å². The second-order valence-corrected chi connectivity index (χ2v) is 13.5. The summed E-state index contributed by atoms with van der Waals surface area (Å²) >= 11 is 24.7. The van der Waals surface area contributed by atoms with Crippen LogP contribution in [0.15, 0.2) is 89.8 Å². The van der Waals surface area contributed by atoms with E-state index in [1.54, 1.807) is 66.7 Å². The van der Waals surface area contributed by atoms with Crippen molar-refractivity contribution in [2.45, 2.75) is 11.8 Å². The molecule has 0 fully saturated rings. The second kappa shape index (κ2) is 15.4. The highest BCUT2D eigenvalue weighted by Gasteiger charge is 2.17. The van der Waals surface area contributed by atoms with Crippen LogP contribution in [-0.4, -0.2) is 42.9 Å². The third kappa shape index (κ3) is 9.38. The first-order chi connectivity index (χ1) is 24.4. The van der Waals surface area contributed by atoms with E-state index in [0.717, 1.165) is 11.1 Å². The lowest BCUT2D eigenvalue weighted by atomic mass is 10.1. The second-order valence-electron chi connectivity index (χ2n) is 10.6. The number of benzene rings is 4. The van der Waals surface area contributed by atoms with Gasteiger partial charge in [-0.05, 0) is 95.3 Å². The summed E-state index contributed by atoms with van der Waals surface area (Å²) in [7, 11) is -4.65. The van der Waals surface area contributed by atoms with Crippen molar-refractivity contribution in [3.05, 3.63) is 122 Å². The van der Waals surface area contributed by atoms with Crippen LogP contribution in [0.1, 0.15) is 16.7 Å². The summed E-state index contributed by atoms with van der Waals surface area (Å²) in [4.78, 5) is 24.7. The third-order valence-corrected chi connectivity index (χ3v) is 8.88. The Morgan fingerprint density at radius 2 is 1.00 bits per heavy atom. The van der Waals surface area contributed by atoms with Crippen LogP contribution < -0.4 is 21.3 Å². The minimum atomic E-state index is -4.65. The molecule has 0 saturated carbocycles. The summed E-state index contributed by atoms with van der Waals surface area (Å²) in [5.41, 5.74) is 3.92. The molecule has 2 heterocycles. The molecular formula is C33H24Cl4N10O3S. The molecule has 0 saturated heterocycles. The molecule has 0 spiro atoms. The maximum Gasteiger partial charge on any atom is 0.295 e. The van der Waals surface area contributed by atoms with Crippen LogP contribution in [0.5, 0.6) is 0 Å². The van der Waals surface area contributed by atoms with Crippen molar-refractivity contribution in [2.75, 3.05) is 21.3 Å². The van der Waals surface area contributed by atoms with Gasteiger partial charge in [0.25, 0.3) is 10.1 Å². The Bertz CT molecular complexity index is 2400. The summed E-state index contributed by atoms with van der Waals surface area (Å²) in [6.07, 6.45) is 3.30. The summed E-state index contributed by atoms with van der Waals surface area (Å²) < 4.78 is 34.9. The molecule has 51 heavy (non-hydrogen) atoms. The van der Waals surface area contributed by atoms with Gasteiger partial charge in [0.05, 0.1) is 21.4 Å². The molecule has 0 aliphatic carbocycles. The van der Waals surface area contributed by atoms with Crippen molar-refractivity contribution >= 4 is 115 Å². The molecule has 0 unspecified atom stereocenters. The van der Waals surface area contributed by atoms with Crippen LogP contribution in [0.3, 0.4) is 0 Å². The minimum absolute atomic E-state index is 0.0194. The third-order valence-electron chi connectivity index (χ3n) is 6.97. The van der Waals surface area contributed by atoms with E-state index < -0.39 is 10.1 Å². The van der Waals surface area contributed by atoms with Gasteiger partial charge in [-0.25, -0.2) is 0 Å². The Hall–Kier alpha value is -5.09. The van der Waals surface area contributed by atoms with Gasteiger partial charge in [-0.3, -0.25) is 4.55 Å². The van der Waals surface area contributed by atoms with Crippen LogP contribution in [0.2, 0.25) is 20.6 Å². The number of aryl methyl sites for hydroxylation is 1. The van der Waals surface area contributed by atoms with E-state index in [2.05, 4.69) is 51.2 Å². The monoisotopic (exact) mass is 780 g/mol. The molecular weight excluding hydrogens is 758 g/mol. The molecule has 4 aromatic carbocycles. The lowest BCUT2D eigenvalue weighted by molar-refractivity contribution is 0.483. The van der Waals surface area contributed by atoms with Gasteiger partial charge >= 0.3 is 0 Å². The van der Waals surface area contributed by atoms with Gasteiger partial charge in [0.1, 0.15) is 4.90 Å². The average Bonchev–Trinajstić information content (AvgIpc) is 3.06. The number of anilines is 8. The van der Waals surface area contributed by atoms with Crippen molar-refractivity contribution in [3.8, 4) is 0 Å². The molecule has 0 atom stereocenters. The highest BCUT2D eigenvalue weighted by Crippen LogP contribution is 2.29. The highest BCUT2D eigenvalue weighted by molar-refractivity contribution is 7.86. The largest absolute Gasteiger partial charge is 0.324 e. The Kier molecular flexibility index (Phi) is 10.8. The fraction of sp³-hybridized carbons (Fsp3) is 0.0303. The van der Waals surface area contributed by atoms with E-state index in [1.165, 1.54) is 12.1 Å². The number of hydrogen-bond acceptors (Lipinski definition) is 12. The van der Waals surface area contributed by atoms with Gasteiger partial charge in [-0.15, -0.1) is 0 Å². The smallest absolute Gasteiger partial charge is 0.295 e. The van der Waals surface area contributed by atoms with Gasteiger partial charge in [0, 0.05) is 11.4 Å². The molecule has 13 nitrogen and oxygen atoms in total. The molecule has 2 aromatic heterocycles. The van der Waals surface area contributed by atoms with E-state index in [0.29, 0.717) is 27.1 Å². The Morgan fingerprint density at radius 3 is 1.47 bits per heavy atom. The topological polar surface area (TPSA) is 180 Å². The van der Waals surface area contributed by atoms with Gasteiger partial charge in [-0.1, -0.05) is 71.8 Å². The number of hydrogen-bond donors (Lipinski definition) is 5. The first-order valence-corrected chi connectivity index (χ1v) is 17.7. The number of halogens is 4. The number of nitrogens with one attached hydrogen (secondary N) is 4. The fourth-order valence-corrected chi connectivity index (χ4v) is 6.04. The average molecular weight is 783 g/mol. The predicted octanol–water partition coefficient (Wildman–Crippen LogP) is 9.37. The van der Waals surface area contributed by atoms with Crippen molar-refractivity contribution in [1.29, 1.82) is 0 Å². The zero-order valence-electron chi connectivity index (χ0n) is 26.1. The highest BCUT2D eigenvalue weighted by atomic mass is 35.5. The van der Waals surface area contributed by atoms with E-state index >= 15 is 0 Å². The fourth-order valence-electron chi connectivity index (χ4n) is 4.64.